The van der Waals surface area contributed by atoms with Gasteiger partial charge in [0.15, 0.2) is 0 Å². The molecule has 4 nitrogen and oxygen atoms in total. The zero-order valence-electron chi connectivity index (χ0n) is 12.8. The lowest BCUT2D eigenvalue weighted by Gasteiger charge is -2.36. The minimum Gasteiger partial charge on any atom is -0.395 e. The molecule has 0 atom stereocenters. The minimum absolute atomic E-state index is 0.138. The average molecular weight is 295 g/mol. The summed E-state index contributed by atoms with van der Waals surface area (Å²) < 4.78 is 14.3. The first-order valence-electron chi connectivity index (χ1n) is 7.82. The lowest BCUT2D eigenvalue weighted by Crippen LogP contribution is -2.47. The van der Waals surface area contributed by atoms with Gasteiger partial charge in [-0.25, -0.2) is 4.39 Å². The Morgan fingerprint density at radius 3 is 2.67 bits per heavy atom. The van der Waals surface area contributed by atoms with Gasteiger partial charge >= 0.3 is 0 Å². The third kappa shape index (κ3) is 4.40. The van der Waals surface area contributed by atoms with Crippen LogP contribution in [0.5, 0.6) is 0 Å². The standard InChI is InChI=1S/C16H26FN3O/c1-2-6-18-13-14-4-3-5-15(17)16(14)20-9-7-19(8-10-20)11-12-21/h3-5,18,21H,2,6-13H2,1H3. The number of anilines is 1. The molecule has 0 radical (unpaired) electrons. The van der Waals surface area contributed by atoms with E-state index in [0.29, 0.717) is 13.1 Å². The Hall–Kier alpha value is -1.17. The highest BCUT2D eigenvalue weighted by Gasteiger charge is 2.21. The van der Waals surface area contributed by atoms with E-state index in [0.717, 1.165) is 50.4 Å². The number of para-hydroxylation sites is 1. The Morgan fingerprint density at radius 1 is 1.24 bits per heavy atom. The van der Waals surface area contributed by atoms with E-state index < -0.39 is 0 Å². The minimum atomic E-state index is -0.138. The number of hydrogen-bond donors (Lipinski definition) is 2. The van der Waals surface area contributed by atoms with Crippen LogP contribution in [0.15, 0.2) is 18.2 Å². The maximum Gasteiger partial charge on any atom is 0.146 e. The highest BCUT2D eigenvalue weighted by molar-refractivity contribution is 5.55. The van der Waals surface area contributed by atoms with E-state index in [-0.39, 0.29) is 12.4 Å². The van der Waals surface area contributed by atoms with Crippen LogP contribution in [0.2, 0.25) is 0 Å². The smallest absolute Gasteiger partial charge is 0.146 e. The fourth-order valence-corrected chi connectivity index (χ4v) is 2.79. The SMILES string of the molecule is CCCNCc1cccc(F)c1N1CCN(CCO)CC1. The summed E-state index contributed by atoms with van der Waals surface area (Å²) in [6.07, 6.45) is 1.07. The zero-order valence-corrected chi connectivity index (χ0v) is 12.8. The van der Waals surface area contributed by atoms with E-state index in [1.165, 1.54) is 0 Å². The first kappa shape index (κ1) is 16.2. The zero-order chi connectivity index (χ0) is 15.1. The predicted molar refractivity (Wildman–Crippen MR) is 84.1 cm³/mol. The summed E-state index contributed by atoms with van der Waals surface area (Å²) in [5, 5.41) is 12.3. The average Bonchev–Trinajstić information content (AvgIpc) is 2.49. The van der Waals surface area contributed by atoms with Gasteiger partial charge in [0.1, 0.15) is 5.82 Å². The van der Waals surface area contributed by atoms with Crippen LogP contribution in [0, 0.1) is 5.82 Å². The third-order valence-corrected chi connectivity index (χ3v) is 3.92. The fourth-order valence-electron chi connectivity index (χ4n) is 2.79. The van der Waals surface area contributed by atoms with Crippen molar-refractivity contribution in [2.45, 2.75) is 19.9 Å². The monoisotopic (exact) mass is 295 g/mol. The molecule has 0 amide bonds. The van der Waals surface area contributed by atoms with Gasteiger partial charge in [0.25, 0.3) is 0 Å². The molecule has 0 unspecified atom stereocenters. The summed E-state index contributed by atoms with van der Waals surface area (Å²) >= 11 is 0. The first-order chi connectivity index (χ1) is 10.3. The summed E-state index contributed by atoms with van der Waals surface area (Å²) in [6.45, 7) is 8.02. The lowest BCUT2D eigenvalue weighted by molar-refractivity contribution is 0.188. The number of aliphatic hydroxyl groups is 1. The molecule has 2 N–H and O–H groups in total. The topological polar surface area (TPSA) is 38.7 Å². The van der Waals surface area contributed by atoms with Crippen molar-refractivity contribution >= 4 is 5.69 Å². The Bertz CT molecular complexity index is 434. The summed E-state index contributed by atoms with van der Waals surface area (Å²) in [5.74, 6) is -0.138. The second-order valence-electron chi connectivity index (χ2n) is 5.48. The van der Waals surface area contributed by atoms with Crippen molar-refractivity contribution in [2.24, 2.45) is 0 Å². The van der Waals surface area contributed by atoms with Gasteiger partial charge in [-0.15, -0.1) is 0 Å². The highest BCUT2D eigenvalue weighted by atomic mass is 19.1. The van der Waals surface area contributed by atoms with E-state index >= 15 is 0 Å². The Labute approximate surface area is 126 Å². The first-order valence-corrected chi connectivity index (χ1v) is 7.82. The van der Waals surface area contributed by atoms with Crippen molar-refractivity contribution in [3.63, 3.8) is 0 Å². The van der Waals surface area contributed by atoms with Crippen LogP contribution in [0.3, 0.4) is 0 Å². The van der Waals surface area contributed by atoms with Crippen molar-refractivity contribution in [1.82, 2.24) is 10.2 Å². The molecule has 0 aliphatic carbocycles. The Morgan fingerprint density at radius 2 is 2.00 bits per heavy atom. The van der Waals surface area contributed by atoms with Crippen molar-refractivity contribution in [1.29, 1.82) is 0 Å². The number of β-amino-alcohol motifs (C(OH)–C–C–N with tert-alkyl or cyclic N) is 1. The maximum absolute atomic E-state index is 14.3. The van der Waals surface area contributed by atoms with Gasteiger partial charge in [-0.05, 0) is 24.6 Å². The van der Waals surface area contributed by atoms with Gasteiger partial charge in [-0.2, -0.15) is 0 Å². The van der Waals surface area contributed by atoms with Crippen LogP contribution in [0.4, 0.5) is 10.1 Å². The second-order valence-corrected chi connectivity index (χ2v) is 5.48. The fraction of sp³-hybridized carbons (Fsp3) is 0.625. The number of halogens is 1. The van der Waals surface area contributed by atoms with Gasteiger partial charge in [0.2, 0.25) is 0 Å². The van der Waals surface area contributed by atoms with Crippen LogP contribution in [-0.2, 0) is 6.54 Å². The van der Waals surface area contributed by atoms with Gasteiger partial charge in [-0.1, -0.05) is 19.1 Å². The quantitative estimate of drug-likeness (QED) is 0.747. The van der Waals surface area contributed by atoms with Gasteiger partial charge in [0.05, 0.1) is 12.3 Å². The van der Waals surface area contributed by atoms with E-state index in [1.807, 2.05) is 6.07 Å². The van der Waals surface area contributed by atoms with Crippen molar-refractivity contribution in [2.75, 3.05) is 50.8 Å². The molecule has 118 valence electrons. The van der Waals surface area contributed by atoms with E-state index in [2.05, 4.69) is 22.0 Å². The molecule has 1 aromatic rings. The predicted octanol–water partition coefficient (Wildman–Crippen LogP) is 1.44. The molecule has 21 heavy (non-hydrogen) atoms. The number of piperazine rings is 1. The summed E-state index contributed by atoms with van der Waals surface area (Å²) in [4.78, 5) is 4.35. The van der Waals surface area contributed by atoms with Gasteiger partial charge < -0.3 is 15.3 Å². The van der Waals surface area contributed by atoms with Crippen LogP contribution in [-0.4, -0.2) is 55.9 Å². The Balaban J connectivity index is 2.04. The molecule has 1 aliphatic heterocycles. The number of hydrogen-bond acceptors (Lipinski definition) is 4. The number of nitrogens with one attached hydrogen (secondary N) is 1. The van der Waals surface area contributed by atoms with E-state index in [1.54, 1.807) is 12.1 Å². The van der Waals surface area contributed by atoms with Crippen LogP contribution in [0.1, 0.15) is 18.9 Å². The molecule has 2 rings (SSSR count). The highest BCUT2D eigenvalue weighted by Crippen LogP contribution is 2.25. The largest absolute Gasteiger partial charge is 0.395 e. The molecule has 0 bridgehead atoms. The molecule has 1 aromatic carbocycles. The van der Waals surface area contributed by atoms with Crippen molar-refractivity contribution in [3.05, 3.63) is 29.6 Å². The molecule has 0 aromatic heterocycles. The molecule has 1 fully saturated rings. The summed E-state index contributed by atoms with van der Waals surface area (Å²) in [7, 11) is 0. The molecule has 0 spiro atoms. The molecule has 1 saturated heterocycles. The molecule has 1 heterocycles. The number of benzene rings is 1. The van der Waals surface area contributed by atoms with Crippen LogP contribution >= 0.6 is 0 Å². The number of nitrogens with zero attached hydrogens (tertiary/aromatic N) is 2. The van der Waals surface area contributed by atoms with Gasteiger partial charge in [-0.3, -0.25) is 4.90 Å². The third-order valence-electron chi connectivity index (χ3n) is 3.92. The summed E-state index contributed by atoms with van der Waals surface area (Å²) in [5.41, 5.74) is 1.77. The summed E-state index contributed by atoms with van der Waals surface area (Å²) in [6, 6.07) is 5.32. The van der Waals surface area contributed by atoms with Crippen LogP contribution in [0.25, 0.3) is 0 Å². The molecule has 5 heteroatoms. The molecular formula is C16H26FN3O. The molecular weight excluding hydrogens is 269 g/mol. The Kier molecular flexibility index (Phi) is 6.42. The van der Waals surface area contributed by atoms with Gasteiger partial charge in [0, 0.05) is 39.3 Å². The lowest BCUT2D eigenvalue weighted by atomic mass is 10.1. The van der Waals surface area contributed by atoms with Crippen LogP contribution < -0.4 is 10.2 Å². The van der Waals surface area contributed by atoms with Crippen molar-refractivity contribution < 1.29 is 9.50 Å². The van der Waals surface area contributed by atoms with E-state index in [4.69, 9.17) is 5.11 Å². The normalized spacial score (nSPS) is 16.4. The number of aliphatic hydroxyl groups excluding tert-OH is 1. The molecule has 1 aliphatic rings. The molecule has 0 saturated carbocycles. The maximum atomic E-state index is 14.3. The van der Waals surface area contributed by atoms with E-state index in [9.17, 15) is 4.39 Å². The second kappa shape index (κ2) is 8.32. The van der Waals surface area contributed by atoms with Crippen molar-refractivity contribution in [3.8, 4) is 0 Å². The number of rotatable bonds is 7.